The zero-order valence-electron chi connectivity index (χ0n) is 11.8. The number of carbonyl (C=O) groups is 1. The minimum absolute atomic E-state index is 0.0716. The maximum Gasteiger partial charge on any atom is 0.263 e. The second-order valence-electron chi connectivity index (χ2n) is 4.68. The van der Waals surface area contributed by atoms with Gasteiger partial charge in [0.25, 0.3) is 5.91 Å². The van der Waals surface area contributed by atoms with E-state index < -0.39 is 0 Å². The number of amides is 1. The minimum Gasteiger partial charge on any atom is -0.395 e. The van der Waals surface area contributed by atoms with Crippen LogP contribution in [0.3, 0.4) is 0 Å². The van der Waals surface area contributed by atoms with Crippen molar-refractivity contribution >= 4 is 17.2 Å². The molecule has 0 aliphatic heterocycles. The molecule has 0 aliphatic carbocycles. The summed E-state index contributed by atoms with van der Waals surface area (Å²) in [5.41, 5.74) is 0. The zero-order chi connectivity index (χ0) is 14.3. The molecule has 1 heterocycles. The molecule has 4 heteroatoms. The Labute approximate surface area is 119 Å². The Hall–Kier alpha value is -1.31. The molecule has 0 atom stereocenters. The summed E-state index contributed by atoms with van der Waals surface area (Å²) < 4.78 is 0. The lowest BCUT2D eigenvalue weighted by Gasteiger charge is -2.22. The summed E-state index contributed by atoms with van der Waals surface area (Å²) in [6.07, 6.45) is 0.468. The average molecular weight is 279 g/mol. The van der Waals surface area contributed by atoms with Gasteiger partial charge in [-0.2, -0.15) is 0 Å². The highest BCUT2D eigenvalue weighted by atomic mass is 32.1. The van der Waals surface area contributed by atoms with Crippen molar-refractivity contribution in [3.63, 3.8) is 0 Å². The van der Waals surface area contributed by atoms with Crippen molar-refractivity contribution in [1.82, 2.24) is 4.90 Å². The van der Waals surface area contributed by atoms with Gasteiger partial charge in [-0.1, -0.05) is 25.7 Å². The van der Waals surface area contributed by atoms with E-state index in [0.29, 0.717) is 12.3 Å². The van der Waals surface area contributed by atoms with E-state index in [9.17, 15) is 4.79 Å². The molecule has 0 saturated carbocycles. The number of nitrogens with zero attached hydrogens (tertiary/aromatic N) is 1. The summed E-state index contributed by atoms with van der Waals surface area (Å²) in [4.78, 5) is 15.8. The van der Waals surface area contributed by atoms with E-state index >= 15 is 0 Å². The molecule has 1 aromatic rings. The molecule has 1 rings (SSSR count). The van der Waals surface area contributed by atoms with Gasteiger partial charge in [-0.25, -0.2) is 0 Å². The Morgan fingerprint density at radius 3 is 2.79 bits per heavy atom. The minimum atomic E-state index is 0.0716. The molecule has 1 aromatic heterocycles. The first-order valence-corrected chi connectivity index (χ1v) is 7.39. The van der Waals surface area contributed by atoms with Crippen LogP contribution in [-0.2, 0) is 0 Å². The van der Waals surface area contributed by atoms with Crippen LogP contribution in [0.2, 0.25) is 0 Å². The molecule has 0 saturated heterocycles. The molecule has 0 fully saturated rings. The number of hydrogen-bond donors (Lipinski definition) is 1. The van der Waals surface area contributed by atoms with Gasteiger partial charge in [-0.15, -0.1) is 11.3 Å². The third-order valence-electron chi connectivity index (χ3n) is 2.52. The topological polar surface area (TPSA) is 40.5 Å². The first kappa shape index (κ1) is 15.7. The van der Waals surface area contributed by atoms with Gasteiger partial charge in [-0.3, -0.25) is 4.79 Å². The second kappa shape index (κ2) is 7.98. The molecule has 0 bridgehead atoms. The second-order valence-corrected chi connectivity index (χ2v) is 5.76. The molecule has 1 amide bonds. The molecule has 0 aliphatic rings. The van der Waals surface area contributed by atoms with Crippen LogP contribution in [-0.4, -0.2) is 35.6 Å². The summed E-state index contributed by atoms with van der Waals surface area (Å²) in [7, 11) is 0. The average Bonchev–Trinajstić information content (AvgIpc) is 2.84. The Morgan fingerprint density at radius 1 is 1.47 bits per heavy atom. The van der Waals surface area contributed by atoms with Crippen LogP contribution < -0.4 is 0 Å². The smallest absolute Gasteiger partial charge is 0.263 e. The van der Waals surface area contributed by atoms with Gasteiger partial charge in [0.1, 0.15) is 0 Å². The number of aliphatic hydroxyl groups is 1. The largest absolute Gasteiger partial charge is 0.395 e. The van der Waals surface area contributed by atoms with Crippen molar-refractivity contribution in [2.75, 3.05) is 19.7 Å². The molecule has 0 aromatic carbocycles. The lowest BCUT2D eigenvalue weighted by atomic mass is 10.2. The van der Waals surface area contributed by atoms with Crippen molar-refractivity contribution in [3.05, 3.63) is 21.9 Å². The lowest BCUT2D eigenvalue weighted by molar-refractivity contribution is 0.0750. The van der Waals surface area contributed by atoms with E-state index in [0.717, 1.165) is 22.8 Å². The van der Waals surface area contributed by atoms with Crippen molar-refractivity contribution in [2.24, 2.45) is 5.92 Å². The first-order valence-electron chi connectivity index (χ1n) is 6.57. The molecule has 0 radical (unpaired) electrons. The van der Waals surface area contributed by atoms with Gasteiger partial charge < -0.3 is 10.0 Å². The Kier molecular flexibility index (Phi) is 6.61. The summed E-state index contributed by atoms with van der Waals surface area (Å²) >= 11 is 1.42. The molecular formula is C15H21NO2S. The maximum atomic E-state index is 12.3. The van der Waals surface area contributed by atoms with Crippen molar-refractivity contribution in [3.8, 4) is 11.8 Å². The van der Waals surface area contributed by atoms with Crippen LogP contribution in [0.15, 0.2) is 12.1 Å². The van der Waals surface area contributed by atoms with Crippen LogP contribution in [0.4, 0.5) is 0 Å². The van der Waals surface area contributed by atoms with Crippen LogP contribution in [0.25, 0.3) is 0 Å². The van der Waals surface area contributed by atoms with Gasteiger partial charge >= 0.3 is 0 Å². The molecule has 0 spiro atoms. The molecule has 0 unspecified atom stereocenters. The Balaban J connectivity index is 2.75. The number of rotatable bonds is 5. The highest BCUT2D eigenvalue weighted by Crippen LogP contribution is 2.18. The highest BCUT2D eigenvalue weighted by Gasteiger charge is 2.16. The molecule has 19 heavy (non-hydrogen) atoms. The summed E-state index contributed by atoms with van der Waals surface area (Å²) in [5, 5.41) is 8.67. The summed E-state index contributed by atoms with van der Waals surface area (Å²) in [5.74, 6) is 6.37. The zero-order valence-corrected chi connectivity index (χ0v) is 12.6. The monoisotopic (exact) mass is 279 g/mol. The quantitative estimate of drug-likeness (QED) is 0.842. The highest BCUT2D eigenvalue weighted by molar-refractivity contribution is 7.14. The van der Waals surface area contributed by atoms with E-state index in [1.54, 1.807) is 0 Å². The van der Waals surface area contributed by atoms with E-state index in [-0.39, 0.29) is 12.5 Å². The SMILES string of the molecule is CCN(CC(C)C)C(=O)c1ccc(C#CCCO)s1. The normalized spacial score (nSPS) is 10.2. The van der Waals surface area contributed by atoms with Gasteiger partial charge in [0.15, 0.2) is 0 Å². The van der Waals surface area contributed by atoms with E-state index in [1.807, 2.05) is 24.0 Å². The fourth-order valence-corrected chi connectivity index (χ4v) is 2.53. The predicted octanol–water partition coefficient (Wildman–Crippen LogP) is 2.60. The predicted molar refractivity (Wildman–Crippen MR) is 79.3 cm³/mol. The van der Waals surface area contributed by atoms with E-state index in [4.69, 9.17) is 5.11 Å². The van der Waals surface area contributed by atoms with E-state index in [1.165, 1.54) is 11.3 Å². The number of thiophene rings is 1. The molecule has 1 N–H and O–H groups in total. The Morgan fingerprint density at radius 2 is 2.21 bits per heavy atom. The fourth-order valence-electron chi connectivity index (χ4n) is 1.68. The molecule has 3 nitrogen and oxygen atoms in total. The maximum absolute atomic E-state index is 12.3. The summed E-state index contributed by atoms with van der Waals surface area (Å²) in [6.45, 7) is 7.78. The van der Waals surface area contributed by atoms with Crippen LogP contribution >= 0.6 is 11.3 Å². The molecule has 104 valence electrons. The van der Waals surface area contributed by atoms with Crippen molar-refractivity contribution in [1.29, 1.82) is 0 Å². The fraction of sp³-hybridized carbons (Fsp3) is 0.533. The van der Waals surface area contributed by atoms with Gasteiger partial charge in [0.05, 0.1) is 16.4 Å². The van der Waals surface area contributed by atoms with Gasteiger partial charge in [0.2, 0.25) is 0 Å². The third-order valence-corrected chi connectivity index (χ3v) is 3.51. The number of hydrogen-bond acceptors (Lipinski definition) is 3. The third kappa shape index (κ3) is 5.06. The summed E-state index contributed by atoms with van der Waals surface area (Å²) in [6, 6.07) is 3.70. The van der Waals surface area contributed by atoms with Crippen molar-refractivity contribution in [2.45, 2.75) is 27.2 Å². The first-order chi connectivity index (χ1) is 9.08. The van der Waals surface area contributed by atoms with Crippen LogP contribution in [0.1, 0.15) is 41.7 Å². The van der Waals surface area contributed by atoms with Gasteiger partial charge in [-0.05, 0) is 25.0 Å². The Bertz CT molecular complexity index is 468. The van der Waals surface area contributed by atoms with Crippen LogP contribution in [0, 0.1) is 17.8 Å². The van der Waals surface area contributed by atoms with Crippen molar-refractivity contribution < 1.29 is 9.90 Å². The standard InChI is InChI=1S/C15H21NO2S/c1-4-16(11-12(2)3)15(18)14-9-8-13(19-14)7-5-6-10-17/h8-9,12,17H,4,6,10-11H2,1-3H3. The molecular weight excluding hydrogens is 258 g/mol. The van der Waals surface area contributed by atoms with Gasteiger partial charge in [0, 0.05) is 19.5 Å². The lowest BCUT2D eigenvalue weighted by Crippen LogP contribution is -2.33. The van der Waals surface area contributed by atoms with Crippen LogP contribution in [0.5, 0.6) is 0 Å². The number of carbonyl (C=O) groups excluding carboxylic acids is 1. The number of aliphatic hydroxyl groups excluding tert-OH is 1. The van der Waals surface area contributed by atoms with E-state index in [2.05, 4.69) is 25.7 Å².